The molecule has 1 unspecified atom stereocenters. The quantitative estimate of drug-likeness (QED) is 0.646. The Kier molecular flexibility index (Phi) is 7.23. The summed E-state index contributed by atoms with van der Waals surface area (Å²) in [5.74, 6) is 0.690. The first-order valence-corrected chi connectivity index (χ1v) is 5.05. The van der Waals surface area contributed by atoms with Gasteiger partial charge in [-0.05, 0) is 12.8 Å². The molecular formula is C10H24N2O. The normalized spacial score (nSPS) is 14.1. The maximum Gasteiger partial charge on any atom is 0.0670 e. The Hall–Kier alpha value is -0.120. The fourth-order valence-electron chi connectivity index (χ4n) is 1.39. The molecule has 0 spiro atoms. The molecular weight excluding hydrogens is 164 g/mol. The summed E-state index contributed by atoms with van der Waals surface area (Å²) in [5.41, 5.74) is 5.54. The van der Waals surface area contributed by atoms with Crippen LogP contribution in [0.4, 0.5) is 0 Å². The molecule has 2 N–H and O–H groups in total. The van der Waals surface area contributed by atoms with Crippen molar-refractivity contribution in [3.05, 3.63) is 0 Å². The molecule has 0 aromatic carbocycles. The molecule has 13 heavy (non-hydrogen) atoms. The summed E-state index contributed by atoms with van der Waals surface area (Å²) in [6.45, 7) is 10.3. The lowest BCUT2D eigenvalue weighted by Gasteiger charge is -2.26. The van der Waals surface area contributed by atoms with E-state index in [9.17, 15) is 0 Å². The molecule has 0 fully saturated rings. The smallest absolute Gasteiger partial charge is 0.0670 e. The Morgan fingerprint density at radius 3 is 2.23 bits per heavy atom. The van der Waals surface area contributed by atoms with Crippen LogP contribution >= 0.6 is 0 Å². The number of hydrogen-bond donors (Lipinski definition) is 1. The first-order valence-electron chi connectivity index (χ1n) is 5.05. The minimum atomic E-state index is 0.297. The van der Waals surface area contributed by atoms with Crippen molar-refractivity contribution in [3.8, 4) is 0 Å². The summed E-state index contributed by atoms with van der Waals surface area (Å²) in [4.78, 5) is 2.36. The highest BCUT2D eigenvalue weighted by Crippen LogP contribution is 2.00. The fraction of sp³-hybridized carbons (Fsp3) is 1.00. The molecule has 0 aliphatic rings. The van der Waals surface area contributed by atoms with Crippen LogP contribution in [-0.4, -0.2) is 44.3 Å². The van der Waals surface area contributed by atoms with E-state index in [-0.39, 0.29) is 0 Å². The van der Waals surface area contributed by atoms with Gasteiger partial charge in [0, 0.05) is 33.3 Å². The highest BCUT2D eigenvalue weighted by Gasteiger charge is 2.09. The van der Waals surface area contributed by atoms with Crippen LogP contribution in [-0.2, 0) is 4.74 Å². The fourth-order valence-corrected chi connectivity index (χ4v) is 1.39. The monoisotopic (exact) mass is 188 g/mol. The van der Waals surface area contributed by atoms with E-state index in [1.54, 1.807) is 7.11 Å². The molecule has 1 atom stereocenters. The summed E-state index contributed by atoms with van der Waals surface area (Å²) in [6.07, 6.45) is 0.297. The Bertz CT molecular complexity index is 117. The zero-order chi connectivity index (χ0) is 10.3. The van der Waals surface area contributed by atoms with Gasteiger partial charge in [-0.1, -0.05) is 13.8 Å². The maximum absolute atomic E-state index is 5.54. The average Bonchev–Trinajstić information content (AvgIpc) is 2.03. The first-order chi connectivity index (χ1) is 6.10. The van der Waals surface area contributed by atoms with E-state index in [2.05, 4.69) is 25.7 Å². The second-order valence-electron chi connectivity index (χ2n) is 3.99. The lowest BCUT2D eigenvalue weighted by atomic mass is 10.2. The minimum Gasteiger partial charge on any atom is -0.380 e. The molecule has 0 amide bonds. The van der Waals surface area contributed by atoms with E-state index >= 15 is 0 Å². The first kappa shape index (κ1) is 12.9. The van der Waals surface area contributed by atoms with Crippen LogP contribution in [0.5, 0.6) is 0 Å². The Balaban J connectivity index is 3.78. The van der Waals surface area contributed by atoms with E-state index in [0.29, 0.717) is 12.0 Å². The molecule has 0 radical (unpaired) electrons. The van der Waals surface area contributed by atoms with Crippen molar-refractivity contribution in [2.45, 2.75) is 26.9 Å². The molecule has 80 valence electrons. The van der Waals surface area contributed by atoms with E-state index in [0.717, 1.165) is 26.2 Å². The predicted octanol–water partition coefficient (Wildman–Crippen LogP) is 0.938. The summed E-state index contributed by atoms with van der Waals surface area (Å²) < 4.78 is 5.23. The maximum atomic E-state index is 5.54. The van der Waals surface area contributed by atoms with E-state index in [4.69, 9.17) is 10.5 Å². The van der Waals surface area contributed by atoms with Gasteiger partial charge in [0.1, 0.15) is 0 Å². The molecule has 3 nitrogen and oxygen atoms in total. The van der Waals surface area contributed by atoms with Crippen LogP contribution in [0.25, 0.3) is 0 Å². The molecule has 0 bridgehead atoms. The zero-order valence-electron chi connectivity index (χ0n) is 9.42. The van der Waals surface area contributed by atoms with Crippen LogP contribution in [0.15, 0.2) is 0 Å². The number of rotatable bonds is 7. The molecule has 0 aliphatic carbocycles. The van der Waals surface area contributed by atoms with E-state index < -0.39 is 0 Å². The third-order valence-corrected chi connectivity index (χ3v) is 1.99. The van der Waals surface area contributed by atoms with Crippen molar-refractivity contribution in [2.75, 3.05) is 33.3 Å². The van der Waals surface area contributed by atoms with Gasteiger partial charge in [0.2, 0.25) is 0 Å². The number of hydrogen-bond acceptors (Lipinski definition) is 3. The standard InChI is InChI=1S/C10H24N2O/c1-9(2)7-12(6-5-11)8-10(3)13-4/h9-10H,5-8,11H2,1-4H3. The van der Waals surface area contributed by atoms with Gasteiger partial charge in [-0.15, -0.1) is 0 Å². The van der Waals surface area contributed by atoms with Crippen LogP contribution in [0.3, 0.4) is 0 Å². The Labute approximate surface area is 82.2 Å². The highest BCUT2D eigenvalue weighted by molar-refractivity contribution is 4.64. The Morgan fingerprint density at radius 1 is 1.23 bits per heavy atom. The van der Waals surface area contributed by atoms with E-state index in [1.165, 1.54) is 0 Å². The molecule has 0 heterocycles. The van der Waals surface area contributed by atoms with Gasteiger partial charge in [-0.2, -0.15) is 0 Å². The second-order valence-corrected chi connectivity index (χ2v) is 3.99. The average molecular weight is 188 g/mol. The number of nitrogens with two attached hydrogens (primary N) is 1. The summed E-state index contributed by atoms with van der Waals surface area (Å²) >= 11 is 0. The Morgan fingerprint density at radius 2 is 1.85 bits per heavy atom. The summed E-state index contributed by atoms with van der Waals surface area (Å²) in [5, 5.41) is 0. The van der Waals surface area contributed by atoms with E-state index in [1.807, 2.05) is 0 Å². The molecule has 0 saturated heterocycles. The van der Waals surface area contributed by atoms with Gasteiger partial charge in [0.25, 0.3) is 0 Å². The lowest BCUT2D eigenvalue weighted by Crippen LogP contribution is -2.38. The predicted molar refractivity (Wildman–Crippen MR) is 56.8 cm³/mol. The zero-order valence-corrected chi connectivity index (χ0v) is 9.42. The third kappa shape index (κ3) is 6.99. The summed E-state index contributed by atoms with van der Waals surface area (Å²) in [7, 11) is 1.75. The van der Waals surface area contributed by atoms with Crippen molar-refractivity contribution in [1.82, 2.24) is 4.90 Å². The van der Waals surface area contributed by atoms with Crippen molar-refractivity contribution in [2.24, 2.45) is 11.7 Å². The largest absolute Gasteiger partial charge is 0.380 e. The van der Waals surface area contributed by atoms with Gasteiger partial charge in [-0.3, -0.25) is 4.90 Å². The topological polar surface area (TPSA) is 38.5 Å². The SMILES string of the molecule is COC(C)CN(CCN)CC(C)C. The number of nitrogens with zero attached hydrogens (tertiary/aromatic N) is 1. The van der Waals surface area contributed by atoms with Gasteiger partial charge < -0.3 is 10.5 Å². The molecule has 0 saturated carbocycles. The third-order valence-electron chi connectivity index (χ3n) is 1.99. The van der Waals surface area contributed by atoms with Crippen molar-refractivity contribution < 1.29 is 4.74 Å². The van der Waals surface area contributed by atoms with Crippen LogP contribution < -0.4 is 5.73 Å². The van der Waals surface area contributed by atoms with Crippen molar-refractivity contribution >= 4 is 0 Å². The van der Waals surface area contributed by atoms with Gasteiger partial charge in [-0.25, -0.2) is 0 Å². The van der Waals surface area contributed by atoms with Crippen LogP contribution in [0.1, 0.15) is 20.8 Å². The molecule has 3 heteroatoms. The molecule has 0 rings (SSSR count). The van der Waals surface area contributed by atoms with Crippen molar-refractivity contribution in [1.29, 1.82) is 0 Å². The molecule has 0 aromatic heterocycles. The summed E-state index contributed by atoms with van der Waals surface area (Å²) in [6, 6.07) is 0. The minimum absolute atomic E-state index is 0.297. The molecule has 0 aliphatic heterocycles. The second kappa shape index (κ2) is 7.30. The van der Waals surface area contributed by atoms with Gasteiger partial charge >= 0.3 is 0 Å². The number of methoxy groups -OCH3 is 1. The number of ether oxygens (including phenoxy) is 1. The van der Waals surface area contributed by atoms with Gasteiger partial charge in [0.05, 0.1) is 6.10 Å². The molecule has 0 aromatic rings. The van der Waals surface area contributed by atoms with Crippen LogP contribution in [0, 0.1) is 5.92 Å². The highest BCUT2D eigenvalue weighted by atomic mass is 16.5. The van der Waals surface area contributed by atoms with Gasteiger partial charge in [0.15, 0.2) is 0 Å². The van der Waals surface area contributed by atoms with Crippen molar-refractivity contribution in [3.63, 3.8) is 0 Å². The van der Waals surface area contributed by atoms with Crippen LogP contribution in [0.2, 0.25) is 0 Å². The lowest BCUT2D eigenvalue weighted by molar-refractivity contribution is 0.0739.